The van der Waals surface area contributed by atoms with Crippen LogP contribution in [0.1, 0.15) is 130 Å². The molecule has 0 saturated heterocycles. The van der Waals surface area contributed by atoms with Crippen LogP contribution in [0, 0.1) is 28.6 Å². The van der Waals surface area contributed by atoms with Gasteiger partial charge in [0.1, 0.15) is 8.07 Å². The largest absolute Gasteiger partial charge is 0.298 e. The average molecular weight is 635 g/mol. The number of rotatable bonds is 16. The molecule has 0 bridgehead atoms. The highest BCUT2D eigenvalue weighted by Gasteiger charge is 2.50. The highest BCUT2D eigenvalue weighted by atomic mass is 32.1. The molecule has 2 aromatic rings. The van der Waals surface area contributed by atoms with Crippen molar-refractivity contribution in [1.29, 1.82) is 10.8 Å². The van der Waals surface area contributed by atoms with E-state index in [1.54, 1.807) is 20.1 Å². The minimum absolute atomic E-state index is 0.190. The minimum Gasteiger partial charge on any atom is -0.298 e. The van der Waals surface area contributed by atoms with Crippen LogP contribution in [0.5, 0.6) is 0 Å². The van der Waals surface area contributed by atoms with Crippen molar-refractivity contribution in [3.05, 3.63) is 39.6 Å². The molecule has 2 atom stereocenters. The van der Waals surface area contributed by atoms with Gasteiger partial charge in [-0.3, -0.25) is 10.8 Å². The molecule has 0 fully saturated rings. The fourth-order valence-corrected chi connectivity index (χ4v) is 17.9. The van der Waals surface area contributed by atoms with E-state index in [9.17, 15) is 0 Å². The van der Waals surface area contributed by atoms with Gasteiger partial charge in [-0.2, -0.15) is 0 Å². The van der Waals surface area contributed by atoms with Gasteiger partial charge in [0.05, 0.1) is 11.4 Å². The molecule has 1 aliphatic heterocycles. The van der Waals surface area contributed by atoms with E-state index in [4.69, 9.17) is 10.8 Å². The number of hydrogen-bond acceptors (Lipinski definition) is 4. The van der Waals surface area contributed by atoms with Crippen LogP contribution in [0.25, 0.3) is 15.3 Å². The highest BCUT2D eigenvalue weighted by molar-refractivity contribution is 7.30. The highest BCUT2D eigenvalue weighted by Crippen LogP contribution is 2.48. The molecule has 0 spiro atoms. The normalized spacial score (nSPS) is 19.9. The van der Waals surface area contributed by atoms with Crippen LogP contribution in [0.3, 0.4) is 0 Å². The maximum Gasteiger partial charge on any atom is 0.122 e. The van der Waals surface area contributed by atoms with Crippen molar-refractivity contribution in [2.24, 2.45) is 17.8 Å². The fourth-order valence-electron chi connectivity index (χ4n) is 7.32. The first-order valence-electron chi connectivity index (χ1n) is 17.4. The Balaban J connectivity index is 1.95. The summed E-state index contributed by atoms with van der Waals surface area (Å²) >= 11 is 4.02. The standard InChI is InChI=1S/C38H58N2S2Si/c1-10-15-17-26(12-3)23-43(24-27(13-4)18-16-11-2)31-21-30(29-20-19-28(25(6)7)34(39)35(29)40)41-36(31)37-32(43)22-33(42-37)38(8,9)14-5/h19-22,25-27,39-40H,10-18,23-24H2,1-9H3. The van der Waals surface area contributed by atoms with Gasteiger partial charge in [0.2, 0.25) is 0 Å². The van der Waals surface area contributed by atoms with Gasteiger partial charge in [-0.25, -0.2) is 0 Å². The summed E-state index contributed by atoms with van der Waals surface area (Å²) in [6, 6.07) is 7.99. The van der Waals surface area contributed by atoms with E-state index in [-0.39, 0.29) is 11.3 Å². The smallest absolute Gasteiger partial charge is 0.122 e. The first-order chi connectivity index (χ1) is 20.5. The number of thiophene rings is 2. The van der Waals surface area contributed by atoms with Crippen LogP contribution in [-0.2, 0) is 5.41 Å². The van der Waals surface area contributed by atoms with Crippen molar-refractivity contribution < 1.29 is 0 Å². The molecule has 5 heteroatoms. The number of hydrogen-bond donors (Lipinski definition) is 2. The molecular weight excluding hydrogens is 577 g/mol. The Morgan fingerprint density at radius 1 is 0.767 bits per heavy atom. The van der Waals surface area contributed by atoms with Crippen LogP contribution in [0.4, 0.5) is 0 Å². The van der Waals surface area contributed by atoms with Gasteiger partial charge < -0.3 is 0 Å². The van der Waals surface area contributed by atoms with Gasteiger partial charge in [-0.1, -0.05) is 126 Å². The summed E-state index contributed by atoms with van der Waals surface area (Å²) in [5, 5.41) is 21.3. The molecule has 4 rings (SSSR count). The molecule has 1 aliphatic carbocycles. The van der Waals surface area contributed by atoms with E-state index in [0.29, 0.717) is 11.4 Å². The number of fused-ring (bicyclic) bond motifs is 3. The molecule has 0 radical (unpaired) electrons. The summed E-state index contributed by atoms with van der Waals surface area (Å²) in [6.07, 6.45) is 15.9. The number of nitrogens with one attached hydrogen (secondary N) is 2. The van der Waals surface area contributed by atoms with Crippen molar-refractivity contribution in [3.8, 4) is 9.75 Å². The predicted octanol–water partition coefficient (Wildman–Crippen LogP) is 11.5. The maximum absolute atomic E-state index is 9.05. The average Bonchev–Trinajstić information content (AvgIpc) is 3.68. The van der Waals surface area contributed by atoms with Gasteiger partial charge in [-0.15, -0.1) is 22.7 Å². The lowest BCUT2D eigenvalue weighted by molar-refractivity contribution is 0.469. The van der Waals surface area contributed by atoms with E-state index in [1.807, 2.05) is 11.3 Å². The number of unbranched alkanes of at least 4 members (excludes halogenated alkanes) is 2. The Hall–Kier alpha value is -1.56. The third-order valence-corrected chi connectivity index (χ3v) is 19.3. The van der Waals surface area contributed by atoms with E-state index in [1.165, 1.54) is 73.2 Å². The lowest BCUT2D eigenvalue weighted by Gasteiger charge is -2.36. The van der Waals surface area contributed by atoms with Gasteiger partial charge in [0.15, 0.2) is 0 Å². The monoisotopic (exact) mass is 634 g/mol. The van der Waals surface area contributed by atoms with Crippen LogP contribution >= 0.6 is 22.7 Å². The molecule has 2 aliphatic rings. The van der Waals surface area contributed by atoms with Crippen LogP contribution in [-0.4, -0.2) is 19.5 Å². The Morgan fingerprint density at radius 3 is 1.84 bits per heavy atom. The Bertz CT molecular complexity index is 1350. The number of allylic oxidation sites excluding steroid dienone is 4. The molecule has 3 heterocycles. The predicted molar refractivity (Wildman–Crippen MR) is 199 cm³/mol. The van der Waals surface area contributed by atoms with E-state index in [2.05, 4.69) is 97.9 Å². The molecule has 236 valence electrons. The second-order valence-corrected chi connectivity index (χ2v) is 20.5. The topological polar surface area (TPSA) is 47.7 Å². The lowest BCUT2D eigenvalue weighted by Crippen LogP contribution is -2.57. The second kappa shape index (κ2) is 14.2. The van der Waals surface area contributed by atoms with Gasteiger partial charge in [0.25, 0.3) is 0 Å². The third-order valence-electron chi connectivity index (χ3n) is 10.7. The lowest BCUT2D eigenvalue weighted by atomic mass is 9.87. The molecule has 0 aromatic carbocycles. The van der Waals surface area contributed by atoms with Gasteiger partial charge in [-0.05, 0) is 69.8 Å². The molecule has 2 unspecified atom stereocenters. The molecule has 43 heavy (non-hydrogen) atoms. The van der Waals surface area contributed by atoms with Crippen molar-refractivity contribution in [2.45, 2.75) is 138 Å². The van der Waals surface area contributed by atoms with Crippen molar-refractivity contribution in [1.82, 2.24) is 0 Å². The van der Waals surface area contributed by atoms with E-state index < -0.39 is 8.07 Å². The zero-order chi connectivity index (χ0) is 31.5. The van der Waals surface area contributed by atoms with E-state index >= 15 is 0 Å². The van der Waals surface area contributed by atoms with Crippen LogP contribution < -0.4 is 10.4 Å². The minimum atomic E-state index is -2.07. The summed E-state index contributed by atoms with van der Waals surface area (Å²) in [6.45, 7) is 21.0. The quantitative estimate of drug-likeness (QED) is 0.136. The molecule has 0 amide bonds. The zero-order valence-corrected chi connectivity index (χ0v) is 31.3. The first-order valence-corrected chi connectivity index (χ1v) is 21.4. The second-order valence-electron chi connectivity index (χ2n) is 14.4. The van der Waals surface area contributed by atoms with E-state index in [0.717, 1.165) is 29.4 Å². The SMILES string of the molecule is CCCCC(CC)C[Si]1(CC(CC)CCCC)c2cc(C3=CC=C(C(C)C)C(=N)C3=N)sc2-c2sc(C(C)(C)CC)cc21. The molecule has 0 saturated carbocycles. The first kappa shape index (κ1) is 34.3. The van der Waals surface area contributed by atoms with Crippen LogP contribution in [0.2, 0.25) is 12.1 Å². The van der Waals surface area contributed by atoms with Crippen molar-refractivity contribution in [3.63, 3.8) is 0 Å². The van der Waals surface area contributed by atoms with Crippen molar-refractivity contribution >= 4 is 58.1 Å². The molecule has 2 nitrogen and oxygen atoms in total. The molecular formula is C38H58N2S2Si. The molecule has 2 aromatic heterocycles. The summed E-state index contributed by atoms with van der Waals surface area (Å²) in [5.74, 6) is 1.81. The fraction of sp³-hybridized carbons (Fsp3) is 0.632. The Kier molecular flexibility index (Phi) is 11.4. The zero-order valence-electron chi connectivity index (χ0n) is 28.6. The summed E-state index contributed by atoms with van der Waals surface area (Å²) in [7, 11) is -2.07. The van der Waals surface area contributed by atoms with Gasteiger partial charge >= 0.3 is 0 Å². The summed E-state index contributed by atoms with van der Waals surface area (Å²) < 4.78 is 0. The Labute approximate surface area is 272 Å². The maximum atomic E-state index is 9.05. The third kappa shape index (κ3) is 6.70. The van der Waals surface area contributed by atoms with Gasteiger partial charge in [0, 0.05) is 25.1 Å². The summed E-state index contributed by atoms with van der Waals surface area (Å²) in [5.41, 5.74) is 2.94. The Morgan fingerprint density at radius 2 is 1.33 bits per heavy atom. The summed E-state index contributed by atoms with van der Waals surface area (Å²) in [4.78, 5) is 5.88. The molecule has 2 N–H and O–H groups in total. The van der Waals surface area contributed by atoms with Crippen molar-refractivity contribution in [2.75, 3.05) is 0 Å². The van der Waals surface area contributed by atoms with Crippen LogP contribution in [0.15, 0.2) is 29.9 Å².